The number of piperidine rings is 2. The molecule has 2 aliphatic heterocycles. The molecule has 1 aromatic carbocycles. The monoisotopic (exact) mass is 424 g/mol. The molecule has 3 N–H and O–H groups in total. The zero-order chi connectivity index (χ0) is 19.1. The predicted molar refractivity (Wildman–Crippen MR) is 98.9 cm³/mol. The van der Waals surface area contributed by atoms with Gasteiger partial charge in [0.05, 0.1) is 0 Å². The number of nitrogens with one attached hydrogen (secondary N) is 1. The van der Waals surface area contributed by atoms with Gasteiger partial charge in [0.2, 0.25) is 0 Å². The highest BCUT2D eigenvalue weighted by molar-refractivity contribution is 9.10. The summed E-state index contributed by atoms with van der Waals surface area (Å²) in [6.07, 6.45) is 2.39. The van der Waals surface area contributed by atoms with Crippen molar-refractivity contribution < 1.29 is 24.6 Å². The summed E-state index contributed by atoms with van der Waals surface area (Å²) in [5.41, 5.74) is 0.797. The van der Waals surface area contributed by atoms with Crippen LogP contribution in [0.25, 0.3) is 0 Å². The SMILES string of the molecule is O=C(O)/C=C/C(=O)O.O=C(c1ccc(Br)cc1)N1C[C@@H]2CNC[C@@H](C2)C1. The van der Waals surface area contributed by atoms with Crippen LogP contribution < -0.4 is 5.32 Å². The topological polar surface area (TPSA) is 107 Å². The van der Waals surface area contributed by atoms with E-state index in [0.29, 0.717) is 24.0 Å². The van der Waals surface area contributed by atoms with Crippen LogP contribution >= 0.6 is 15.9 Å². The summed E-state index contributed by atoms with van der Waals surface area (Å²) >= 11 is 3.40. The van der Waals surface area contributed by atoms with Crippen molar-refractivity contribution in [3.05, 3.63) is 46.5 Å². The Labute approximate surface area is 159 Å². The highest BCUT2D eigenvalue weighted by Gasteiger charge is 2.32. The number of rotatable bonds is 3. The van der Waals surface area contributed by atoms with E-state index in [4.69, 9.17) is 10.2 Å². The first kappa shape index (κ1) is 20.1. The van der Waals surface area contributed by atoms with Crippen LogP contribution in [-0.4, -0.2) is 59.1 Å². The summed E-state index contributed by atoms with van der Waals surface area (Å²) in [4.78, 5) is 33.6. The van der Waals surface area contributed by atoms with Crippen LogP contribution in [0.15, 0.2) is 40.9 Å². The number of likely N-dealkylation sites (tertiary alicyclic amines) is 1. The number of carbonyl (C=O) groups excluding carboxylic acids is 1. The Morgan fingerprint density at radius 1 is 1.00 bits per heavy atom. The smallest absolute Gasteiger partial charge is 0.328 e. The molecular formula is C18H21BrN2O5. The van der Waals surface area contributed by atoms with Crippen molar-refractivity contribution in [2.45, 2.75) is 6.42 Å². The van der Waals surface area contributed by atoms with E-state index in [1.165, 1.54) is 6.42 Å². The molecule has 2 heterocycles. The van der Waals surface area contributed by atoms with Crippen LogP contribution in [0.2, 0.25) is 0 Å². The van der Waals surface area contributed by atoms with Gasteiger partial charge in [0.1, 0.15) is 0 Å². The molecule has 2 saturated heterocycles. The summed E-state index contributed by atoms with van der Waals surface area (Å²) in [5.74, 6) is -1.06. The molecule has 7 nitrogen and oxygen atoms in total. The minimum atomic E-state index is -1.26. The average Bonchev–Trinajstić information content (AvgIpc) is 2.60. The molecule has 0 aliphatic carbocycles. The molecule has 2 aliphatic rings. The van der Waals surface area contributed by atoms with Gasteiger partial charge in [-0.05, 0) is 55.6 Å². The Balaban J connectivity index is 0.000000260. The number of carboxylic acid groups (broad SMARTS) is 2. The van der Waals surface area contributed by atoms with Gasteiger partial charge in [0.25, 0.3) is 5.91 Å². The van der Waals surface area contributed by atoms with Gasteiger partial charge < -0.3 is 20.4 Å². The summed E-state index contributed by atoms with van der Waals surface area (Å²) in [6.45, 7) is 3.91. The summed E-state index contributed by atoms with van der Waals surface area (Å²) in [6, 6.07) is 7.66. The molecule has 0 unspecified atom stereocenters. The zero-order valence-electron chi connectivity index (χ0n) is 14.1. The lowest BCUT2D eigenvalue weighted by Gasteiger charge is -2.41. The molecule has 3 rings (SSSR count). The number of benzene rings is 1. The largest absolute Gasteiger partial charge is 0.478 e. The molecule has 26 heavy (non-hydrogen) atoms. The lowest BCUT2D eigenvalue weighted by atomic mass is 9.85. The number of amides is 1. The average molecular weight is 425 g/mol. The number of hydrogen-bond donors (Lipinski definition) is 3. The second kappa shape index (κ2) is 9.49. The van der Waals surface area contributed by atoms with Crippen molar-refractivity contribution in [1.29, 1.82) is 0 Å². The Kier molecular flexibility index (Phi) is 7.35. The molecule has 0 spiro atoms. The fraction of sp³-hybridized carbons (Fsp3) is 0.389. The molecule has 8 heteroatoms. The molecule has 0 aromatic heterocycles. The van der Waals surface area contributed by atoms with Crippen molar-refractivity contribution in [1.82, 2.24) is 10.2 Å². The van der Waals surface area contributed by atoms with Crippen LogP contribution in [0.3, 0.4) is 0 Å². The predicted octanol–water partition coefficient (Wildman–Crippen LogP) is 1.84. The third kappa shape index (κ3) is 6.27. The second-order valence-electron chi connectivity index (χ2n) is 6.35. The summed E-state index contributed by atoms with van der Waals surface area (Å²) < 4.78 is 1.01. The van der Waals surface area contributed by atoms with Crippen LogP contribution in [-0.2, 0) is 9.59 Å². The lowest BCUT2D eigenvalue weighted by Crippen LogP contribution is -2.52. The minimum absolute atomic E-state index is 0.180. The van der Waals surface area contributed by atoms with Crippen LogP contribution in [0.4, 0.5) is 0 Å². The third-order valence-corrected chi connectivity index (χ3v) is 4.77. The second-order valence-corrected chi connectivity index (χ2v) is 7.27. The van der Waals surface area contributed by atoms with Gasteiger partial charge in [0, 0.05) is 35.3 Å². The van der Waals surface area contributed by atoms with Crippen molar-refractivity contribution in [3.63, 3.8) is 0 Å². The van der Waals surface area contributed by atoms with Crippen molar-refractivity contribution in [2.24, 2.45) is 11.8 Å². The van der Waals surface area contributed by atoms with Crippen LogP contribution in [0.5, 0.6) is 0 Å². The highest BCUT2D eigenvalue weighted by atomic mass is 79.9. The maximum Gasteiger partial charge on any atom is 0.328 e. The van der Waals surface area contributed by atoms with Crippen LogP contribution in [0, 0.1) is 11.8 Å². The summed E-state index contributed by atoms with van der Waals surface area (Å²) in [5, 5.41) is 19.1. The Bertz CT molecular complexity index is 661. The van der Waals surface area contributed by atoms with E-state index in [1.54, 1.807) is 0 Å². The quantitative estimate of drug-likeness (QED) is 0.639. The number of halogens is 1. The molecular weight excluding hydrogens is 404 g/mol. The van der Waals surface area contributed by atoms with Crippen molar-refractivity contribution in [3.8, 4) is 0 Å². The van der Waals surface area contributed by atoms with Gasteiger partial charge in [-0.1, -0.05) is 15.9 Å². The molecule has 1 aromatic rings. The molecule has 2 fully saturated rings. The number of nitrogens with zero attached hydrogens (tertiary/aromatic N) is 1. The Hall–Kier alpha value is -2.19. The van der Waals surface area contributed by atoms with Gasteiger partial charge >= 0.3 is 11.9 Å². The number of aliphatic carboxylic acids is 2. The lowest BCUT2D eigenvalue weighted by molar-refractivity contribution is -0.134. The fourth-order valence-corrected chi connectivity index (χ4v) is 3.45. The third-order valence-electron chi connectivity index (χ3n) is 4.24. The van der Waals surface area contributed by atoms with Gasteiger partial charge in [0.15, 0.2) is 0 Å². The first-order valence-electron chi connectivity index (χ1n) is 8.24. The Morgan fingerprint density at radius 2 is 1.50 bits per heavy atom. The number of hydrogen-bond acceptors (Lipinski definition) is 4. The molecule has 2 bridgehead atoms. The highest BCUT2D eigenvalue weighted by Crippen LogP contribution is 2.25. The summed E-state index contributed by atoms with van der Waals surface area (Å²) in [7, 11) is 0. The normalized spacial score (nSPS) is 21.7. The molecule has 0 saturated carbocycles. The first-order chi connectivity index (χ1) is 12.3. The van der Waals surface area contributed by atoms with Crippen molar-refractivity contribution >= 4 is 33.8 Å². The minimum Gasteiger partial charge on any atom is -0.478 e. The van der Waals surface area contributed by atoms with E-state index < -0.39 is 11.9 Å². The van der Waals surface area contributed by atoms with E-state index in [-0.39, 0.29) is 5.91 Å². The molecule has 0 radical (unpaired) electrons. The van der Waals surface area contributed by atoms with E-state index >= 15 is 0 Å². The zero-order valence-corrected chi connectivity index (χ0v) is 15.7. The van der Waals surface area contributed by atoms with E-state index in [2.05, 4.69) is 21.2 Å². The van der Waals surface area contributed by atoms with Gasteiger partial charge in [-0.3, -0.25) is 4.79 Å². The van der Waals surface area contributed by atoms with E-state index in [1.807, 2.05) is 29.2 Å². The van der Waals surface area contributed by atoms with Gasteiger partial charge in [-0.25, -0.2) is 9.59 Å². The molecule has 140 valence electrons. The maximum absolute atomic E-state index is 12.4. The van der Waals surface area contributed by atoms with Gasteiger partial charge in [-0.2, -0.15) is 0 Å². The van der Waals surface area contributed by atoms with E-state index in [9.17, 15) is 14.4 Å². The molecule has 2 atom stereocenters. The standard InChI is InChI=1S/C14H17BrN2O.C4H4O4/c15-13-3-1-12(2-4-13)14(18)17-8-10-5-11(9-17)7-16-6-10;5-3(6)1-2-4(7)8/h1-4,10-11,16H,5-9H2;1-2H,(H,5,6)(H,7,8)/b;2-1+/t10-,11+;. The molecule has 1 amide bonds. The van der Waals surface area contributed by atoms with E-state index in [0.717, 1.165) is 36.2 Å². The first-order valence-corrected chi connectivity index (χ1v) is 9.04. The number of fused-ring (bicyclic) bond motifs is 2. The van der Waals surface area contributed by atoms with Crippen molar-refractivity contribution in [2.75, 3.05) is 26.2 Å². The maximum atomic E-state index is 12.4. The number of carboxylic acids is 2. The Morgan fingerprint density at radius 3 is 1.96 bits per heavy atom. The van der Waals surface area contributed by atoms with Crippen LogP contribution in [0.1, 0.15) is 16.8 Å². The number of carbonyl (C=O) groups is 3. The van der Waals surface area contributed by atoms with Gasteiger partial charge in [-0.15, -0.1) is 0 Å². The fourth-order valence-electron chi connectivity index (χ4n) is 3.19.